The zero-order chi connectivity index (χ0) is 16.7. The Hall–Kier alpha value is -2.73. The molecule has 0 aromatic carbocycles. The van der Waals surface area contributed by atoms with Crippen LogP contribution in [0.5, 0.6) is 0 Å². The highest BCUT2D eigenvalue weighted by molar-refractivity contribution is 5.95. The van der Waals surface area contributed by atoms with Crippen LogP contribution < -0.4 is 5.73 Å². The zero-order valence-corrected chi connectivity index (χ0v) is 13.4. The fraction of sp³-hybridized carbons (Fsp3) is 0.278. The number of fused-ring (bicyclic) bond motifs is 1. The summed E-state index contributed by atoms with van der Waals surface area (Å²) in [6.45, 7) is 1.47. The lowest BCUT2D eigenvalue weighted by atomic mass is 10.0. The third kappa shape index (κ3) is 2.55. The highest BCUT2D eigenvalue weighted by Crippen LogP contribution is 2.31. The summed E-state index contributed by atoms with van der Waals surface area (Å²) in [6.07, 6.45) is 3.96. The molecule has 1 aliphatic heterocycles. The molecule has 0 bridgehead atoms. The van der Waals surface area contributed by atoms with E-state index in [4.69, 9.17) is 15.5 Å². The third-order valence-corrected chi connectivity index (χ3v) is 4.39. The number of carbonyl (C=O) groups excluding carboxylic acids is 1. The van der Waals surface area contributed by atoms with E-state index < -0.39 is 0 Å². The molecular weight excluding hydrogens is 304 g/mol. The van der Waals surface area contributed by atoms with Gasteiger partial charge in [0.15, 0.2) is 0 Å². The summed E-state index contributed by atoms with van der Waals surface area (Å²) in [5.74, 6) is -0.00328. The molecule has 0 spiro atoms. The largest absolute Gasteiger partial charge is 0.380 e. The first-order chi connectivity index (χ1) is 11.6. The average molecular weight is 322 g/mol. The van der Waals surface area contributed by atoms with Gasteiger partial charge < -0.3 is 15.0 Å². The summed E-state index contributed by atoms with van der Waals surface area (Å²) in [5, 5.41) is 1.03. The standard InChI is InChI=1S/C18H18N4O2/c1-22-8-14(13-5-12(6-18(19)23)20-7-17(13)22)16-4-2-3-15(21-16)11-9-24-10-11/h2-5,7-8,11H,6,9-10H2,1H3,(H2,19,23). The van der Waals surface area contributed by atoms with Gasteiger partial charge in [0.25, 0.3) is 0 Å². The van der Waals surface area contributed by atoms with E-state index in [1.807, 2.05) is 42.1 Å². The lowest BCUT2D eigenvalue weighted by Gasteiger charge is -2.25. The Bertz CT molecular complexity index is 928. The Morgan fingerprint density at radius 1 is 1.42 bits per heavy atom. The highest BCUT2D eigenvalue weighted by atomic mass is 16.5. The van der Waals surface area contributed by atoms with Crippen LogP contribution in [-0.4, -0.2) is 33.7 Å². The van der Waals surface area contributed by atoms with Gasteiger partial charge in [0.05, 0.1) is 42.7 Å². The number of aryl methyl sites for hydroxylation is 1. The Morgan fingerprint density at radius 3 is 2.96 bits per heavy atom. The third-order valence-electron chi connectivity index (χ3n) is 4.39. The molecule has 6 nitrogen and oxygen atoms in total. The van der Waals surface area contributed by atoms with Crippen LogP contribution in [0, 0.1) is 0 Å². The van der Waals surface area contributed by atoms with E-state index in [1.54, 1.807) is 6.20 Å². The second kappa shape index (κ2) is 5.72. The van der Waals surface area contributed by atoms with Crippen LogP contribution in [0.1, 0.15) is 17.3 Å². The molecule has 1 aliphatic rings. The minimum absolute atomic E-state index is 0.136. The maximum Gasteiger partial charge on any atom is 0.223 e. The molecule has 3 aromatic heterocycles. The Balaban J connectivity index is 1.82. The van der Waals surface area contributed by atoms with Crippen LogP contribution in [0.3, 0.4) is 0 Å². The molecule has 1 amide bonds. The molecule has 24 heavy (non-hydrogen) atoms. The van der Waals surface area contributed by atoms with Gasteiger partial charge >= 0.3 is 0 Å². The molecule has 122 valence electrons. The van der Waals surface area contributed by atoms with Gasteiger partial charge in [0, 0.05) is 35.8 Å². The van der Waals surface area contributed by atoms with Crippen molar-refractivity contribution in [1.29, 1.82) is 0 Å². The van der Waals surface area contributed by atoms with Crippen molar-refractivity contribution in [3.05, 3.63) is 48.0 Å². The van der Waals surface area contributed by atoms with E-state index >= 15 is 0 Å². The van der Waals surface area contributed by atoms with E-state index in [1.165, 1.54) is 0 Å². The van der Waals surface area contributed by atoms with Crippen molar-refractivity contribution in [2.24, 2.45) is 12.8 Å². The minimum Gasteiger partial charge on any atom is -0.380 e. The zero-order valence-electron chi connectivity index (χ0n) is 13.4. The number of nitrogens with two attached hydrogens (primary N) is 1. The van der Waals surface area contributed by atoms with Gasteiger partial charge in [0.2, 0.25) is 5.91 Å². The monoisotopic (exact) mass is 322 g/mol. The highest BCUT2D eigenvalue weighted by Gasteiger charge is 2.22. The first-order valence-electron chi connectivity index (χ1n) is 7.89. The van der Waals surface area contributed by atoms with Crippen molar-refractivity contribution >= 4 is 16.8 Å². The number of primary amides is 1. The number of ether oxygens (including phenoxy) is 1. The van der Waals surface area contributed by atoms with Crippen molar-refractivity contribution < 1.29 is 9.53 Å². The summed E-state index contributed by atoms with van der Waals surface area (Å²) >= 11 is 0. The number of aromatic nitrogens is 3. The van der Waals surface area contributed by atoms with Crippen LogP contribution in [0.25, 0.3) is 22.2 Å². The Morgan fingerprint density at radius 2 is 2.25 bits per heavy atom. The van der Waals surface area contributed by atoms with Crippen molar-refractivity contribution in [3.63, 3.8) is 0 Å². The van der Waals surface area contributed by atoms with Crippen molar-refractivity contribution in [3.8, 4) is 11.3 Å². The number of rotatable bonds is 4. The van der Waals surface area contributed by atoms with Gasteiger partial charge in [0.1, 0.15) is 0 Å². The molecule has 0 unspecified atom stereocenters. The maximum absolute atomic E-state index is 11.2. The van der Waals surface area contributed by atoms with E-state index in [9.17, 15) is 4.79 Å². The first-order valence-corrected chi connectivity index (χ1v) is 7.89. The SMILES string of the molecule is Cn1cc(-c2cccc(C3COC3)n2)c2cc(CC(N)=O)ncc21. The number of hydrogen-bond donors (Lipinski definition) is 1. The summed E-state index contributed by atoms with van der Waals surface area (Å²) in [4.78, 5) is 20.3. The summed E-state index contributed by atoms with van der Waals surface area (Å²) in [6, 6.07) is 8.00. The molecule has 0 radical (unpaired) electrons. The van der Waals surface area contributed by atoms with E-state index in [-0.39, 0.29) is 12.3 Å². The summed E-state index contributed by atoms with van der Waals surface area (Å²) in [5.41, 5.74) is 9.96. The fourth-order valence-electron chi connectivity index (χ4n) is 3.04. The fourth-order valence-corrected chi connectivity index (χ4v) is 3.04. The van der Waals surface area contributed by atoms with Gasteiger partial charge in [-0.15, -0.1) is 0 Å². The number of nitrogens with zero attached hydrogens (tertiary/aromatic N) is 3. The smallest absolute Gasteiger partial charge is 0.223 e. The van der Waals surface area contributed by atoms with E-state index in [0.717, 1.165) is 41.1 Å². The first kappa shape index (κ1) is 14.8. The summed E-state index contributed by atoms with van der Waals surface area (Å²) in [7, 11) is 1.98. The number of carbonyl (C=O) groups is 1. The van der Waals surface area contributed by atoms with Crippen molar-refractivity contribution in [2.45, 2.75) is 12.3 Å². The summed E-state index contributed by atoms with van der Waals surface area (Å²) < 4.78 is 7.29. The average Bonchev–Trinajstić information content (AvgIpc) is 2.82. The predicted molar refractivity (Wildman–Crippen MR) is 90.4 cm³/mol. The lowest BCUT2D eigenvalue weighted by Crippen LogP contribution is -2.25. The van der Waals surface area contributed by atoms with Gasteiger partial charge in [-0.2, -0.15) is 0 Å². The Labute approximate surface area is 139 Å². The predicted octanol–water partition coefficient (Wildman–Crippen LogP) is 1.78. The number of amides is 1. The Kier molecular flexibility index (Phi) is 3.54. The van der Waals surface area contributed by atoms with E-state index in [0.29, 0.717) is 11.6 Å². The molecule has 0 aliphatic carbocycles. The molecule has 0 saturated carbocycles. The minimum atomic E-state index is -0.385. The van der Waals surface area contributed by atoms with Gasteiger partial charge in [-0.3, -0.25) is 14.8 Å². The van der Waals surface area contributed by atoms with Crippen LogP contribution in [0.15, 0.2) is 36.7 Å². The van der Waals surface area contributed by atoms with Crippen molar-refractivity contribution in [2.75, 3.05) is 13.2 Å². The van der Waals surface area contributed by atoms with Crippen LogP contribution in [0.2, 0.25) is 0 Å². The van der Waals surface area contributed by atoms with Gasteiger partial charge in [-0.1, -0.05) is 6.07 Å². The topological polar surface area (TPSA) is 83.0 Å². The molecule has 4 heterocycles. The maximum atomic E-state index is 11.2. The van der Waals surface area contributed by atoms with Crippen LogP contribution >= 0.6 is 0 Å². The van der Waals surface area contributed by atoms with E-state index in [2.05, 4.69) is 4.98 Å². The lowest BCUT2D eigenvalue weighted by molar-refractivity contribution is -0.117. The number of pyridine rings is 2. The van der Waals surface area contributed by atoms with Gasteiger partial charge in [-0.05, 0) is 18.2 Å². The second-order valence-corrected chi connectivity index (χ2v) is 6.17. The quantitative estimate of drug-likeness (QED) is 0.793. The molecule has 1 fully saturated rings. The number of hydrogen-bond acceptors (Lipinski definition) is 4. The normalized spacial score (nSPS) is 14.7. The van der Waals surface area contributed by atoms with Gasteiger partial charge in [-0.25, -0.2) is 0 Å². The second-order valence-electron chi connectivity index (χ2n) is 6.17. The molecule has 1 saturated heterocycles. The van der Waals surface area contributed by atoms with Crippen LogP contribution in [-0.2, 0) is 23.0 Å². The van der Waals surface area contributed by atoms with Crippen molar-refractivity contribution in [1.82, 2.24) is 14.5 Å². The molecule has 6 heteroatoms. The molecule has 4 rings (SSSR count). The molecule has 2 N–H and O–H groups in total. The molecular formula is C18H18N4O2. The molecule has 3 aromatic rings. The molecule has 0 atom stereocenters. The van der Waals surface area contributed by atoms with Crippen LogP contribution in [0.4, 0.5) is 0 Å².